The number of alkyl halides is 1. The van der Waals surface area contributed by atoms with E-state index in [0.717, 1.165) is 18.2 Å². The van der Waals surface area contributed by atoms with E-state index >= 15 is 0 Å². The highest BCUT2D eigenvalue weighted by Gasteiger charge is 2.53. The van der Waals surface area contributed by atoms with E-state index in [1.807, 2.05) is 0 Å². The maximum atomic E-state index is 12.7. The van der Waals surface area contributed by atoms with Crippen LogP contribution in [0.15, 0.2) is 0 Å². The van der Waals surface area contributed by atoms with Crippen LogP contribution in [0.2, 0.25) is 0 Å². The second-order valence-electron chi connectivity index (χ2n) is 6.36. The zero-order valence-electron chi connectivity index (χ0n) is 11.6. The molecule has 3 rings (SSSR count). The molecule has 0 atom stereocenters. The van der Waals surface area contributed by atoms with Gasteiger partial charge in [0.25, 0.3) is 5.91 Å². The lowest BCUT2D eigenvalue weighted by Crippen LogP contribution is -2.51. The van der Waals surface area contributed by atoms with E-state index in [9.17, 15) is 9.59 Å². The fourth-order valence-electron chi connectivity index (χ4n) is 3.67. The molecule has 2 saturated heterocycles. The highest BCUT2D eigenvalue weighted by atomic mass is 79.9. The van der Waals surface area contributed by atoms with Gasteiger partial charge >= 0.3 is 6.03 Å². The van der Waals surface area contributed by atoms with Crippen LogP contribution in [-0.2, 0) is 9.53 Å². The molecule has 1 saturated carbocycles. The van der Waals surface area contributed by atoms with Gasteiger partial charge < -0.3 is 10.1 Å². The van der Waals surface area contributed by atoms with Gasteiger partial charge in [-0.25, -0.2) is 4.79 Å². The SMILES string of the molecule is O=C1NC2(CCOCC2)C(=O)N1CC1(CBr)CCCC1. The summed E-state index contributed by atoms with van der Waals surface area (Å²) in [7, 11) is 0. The van der Waals surface area contributed by atoms with Gasteiger partial charge in [-0.05, 0) is 18.3 Å². The minimum atomic E-state index is -0.693. The van der Waals surface area contributed by atoms with Crippen LogP contribution in [0.25, 0.3) is 0 Å². The zero-order chi connectivity index (χ0) is 14.2. The first-order chi connectivity index (χ1) is 9.61. The van der Waals surface area contributed by atoms with Crippen molar-refractivity contribution in [1.82, 2.24) is 10.2 Å². The van der Waals surface area contributed by atoms with Crippen molar-refractivity contribution in [2.45, 2.75) is 44.1 Å². The molecule has 0 bridgehead atoms. The van der Waals surface area contributed by atoms with Crippen LogP contribution in [0.3, 0.4) is 0 Å². The summed E-state index contributed by atoms with van der Waals surface area (Å²) < 4.78 is 5.32. The summed E-state index contributed by atoms with van der Waals surface area (Å²) in [6.45, 7) is 1.64. The lowest BCUT2D eigenvalue weighted by Gasteiger charge is -2.33. The molecule has 0 aromatic rings. The van der Waals surface area contributed by atoms with Gasteiger partial charge in [-0.2, -0.15) is 0 Å². The Hall–Kier alpha value is -0.620. The number of carbonyl (C=O) groups excluding carboxylic acids is 2. The Morgan fingerprint density at radius 3 is 2.40 bits per heavy atom. The van der Waals surface area contributed by atoms with Crippen molar-refractivity contribution in [2.24, 2.45) is 5.41 Å². The number of amides is 3. The summed E-state index contributed by atoms with van der Waals surface area (Å²) in [5.74, 6) is -0.0435. The molecule has 6 heteroatoms. The molecular weight excluding hydrogens is 324 g/mol. The molecule has 1 aliphatic carbocycles. The number of ether oxygens (including phenoxy) is 1. The molecule has 1 spiro atoms. The standard InChI is InChI=1S/C14H21BrN2O3/c15-9-13(3-1-2-4-13)10-17-11(18)14(16-12(17)19)5-7-20-8-6-14/h1-10H2,(H,16,19). The van der Waals surface area contributed by atoms with E-state index in [2.05, 4.69) is 21.2 Å². The molecule has 0 aromatic carbocycles. The van der Waals surface area contributed by atoms with Crippen LogP contribution in [-0.4, -0.2) is 47.5 Å². The quantitative estimate of drug-likeness (QED) is 0.629. The number of imide groups is 1. The third-order valence-electron chi connectivity index (χ3n) is 5.03. The van der Waals surface area contributed by atoms with Crippen LogP contribution in [0.4, 0.5) is 4.79 Å². The number of halogens is 1. The van der Waals surface area contributed by atoms with Crippen LogP contribution >= 0.6 is 15.9 Å². The molecule has 20 heavy (non-hydrogen) atoms. The number of urea groups is 1. The summed E-state index contributed by atoms with van der Waals surface area (Å²) in [5.41, 5.74) is -0.620. The van der Waals surface area contributed by atoms with Crippen molar-refractivity contribution >= 4 is 27.9 Å². The van der Waals surface area contributed by atoms with Gasteiger partial charge in [0, 0.05) is 37.9 Å². The summed E-state index contributed by atoms with van der Waals surface area (Å²) in [5, 5.41) is 3.78. The van der Waals surface area contributed by atoms with E-state index < -0.39 is 5.54 Å². The van der Waals surface area contributed by atoms with Crippen molar-refractivity contribution in [2.75, 3.05) is 25.1 Å². The highest BCUT2D eigenvalue weighted by Crippen LogP contribution is 2.41. The number of hydrogen-bond acceptors (Lipinski definition) is 3. The van der Waals surface area contributed by atoms with E-state index in [-0.39, 0.29) is 17.4 Å². The Morgan fingerprint density at radius 2 is 1.80 bits per heavy atom. The monoisotopic (exact) mass is 344 g/mol. The fraction of sp³-hybridized carbons (Fsp3) is 0.857. The molecule has 0 aromatic heterocycles. The van der Waals surface area contributed by atoms with E-state index in [4.69, 9.17) is 4.74 Å². The predicted octanol–water partition coefficient (Wildman–Crippen LogP) is 2.04. The minimum Gasteiger partial charge on any atom is -0.381 e. The molecule has 1 N–H and O–H groups in total. The molecule has 0 unspecified atom stereocenters. The van der Waals surface area contributed by atoms with Gasteiger partial charge in [-0.15, -0.1) is 0 Å². The Kier molecular flexibility index (Phi) is 3.79. The van der Waals surface area contributed by atoms with Gasteiger partial charge in [0.1, 0.15) is 5.54 Å². The normalized spacial score (nSPS) is 28.1. The molecule has 2 heterocycles. The lowest BCUT2D eigenvalue weighted by atomic mass is 9.86. The Bertz CT molecular complexity index is 415. The number of carbonyl (C=O) groups is 2. The average Bonchev–Trinajstić information content (AvgIpc) is 3.01. The summed E-state index contributed by atoms with van der Waals surface area (Å²) in [6.07, 6.45) is 5.74. The number of rotatable bonds is 3. The first kappa shape index (κ1) is 14.3. The molecule has 3 aliphatic rings. The van der Waals surface area contributed by atoms with Crippen molar-refractivity contribution in [3.05, 3.63) is 0 Å². The summed E-state index contributed by atoms with van der Waals surface area (Å²) >= 11 is 3.58. The van der Waals surface area contributed by atoms with Crippen LogP contribution in [0.1, 0.15) is 38.5 Å². The number of nitrogens with one attached hydrogen (secondary N) is 1. The Labute approximate surface area is 127 Å². The lowest BCUT2D eigenvalue weighted by molar-refractivity contribution is -0.135. The molecule has 5 nitrogen and oxygen atoms in total. The molecule has 3 fully saturated rings. The number of nitrogens with zero attached hydrogens (tertiary/aromatic N) is 1. The van der Waals surface area contributed by atoms with Gasteiger partial charge in [-0.3, -0.25) is 9.69 Å². The predicted molar refractivity (Wildman–Crippen MR) is 77.7 cm³/mol. The third-order valence-corrected chi connectivity index (χ3v) is 6.22. The summed E-state index contributed by atoms with van der Waals surface area (Å²) in [6, 6.07) is -0.218. The average molecular weight is 345 g/mol. The molecule has 112 valence electrons. The van der Waals surface area contributed by atoms with Crippen molar-refractivity contribution in [3.63, 3.8) is 0 Å². The Morgan fingerprint density at radius 1 is 1.15 bits per heavy atom. The second-order valence-corrected chi connectivity index (χ2v) is 6.92. The fourth-order valence-corrected chi connectivity index (χ4v) is 4.41. The third kappa shape index (κ3) is 2.26. The maximum Gasteiger partial charge on any atom is 0.325 e. The van der Waals surface area contributed by atoms with Crippen molar-refractivity contribution in [1.29, 1.82) is 0 Å². The first-order valence-corrected chi connectivity index (χ1v) is 8.51. The largest absolute Gasteiger partial charge is 0.381 e. The Balaban J connectivity index is 1.76. The van der Waals surface area contributed by atoms with Gasteiger partial charge in [0.05, 0.1) is 0 Å². The van der Waals surface area contributed by atoms with Gasteiger partial charge in [0.15, 0.2) is 0 Å². The van der Waals surface area contributed by atoms with Crippen molar-refractivity contribution in [3.8, 4) is 0 Å². The van der Waals surface area contributed by atoms with E-state index in [0.29, 0.717) is 32.6 Å². The van der Waals surface area contributed by atoms with Crippen LogP contribution in [0, 0.1) is 5.41 Å². The van der Waals surface area contributed by atoms with Crippen molar-refractivity contribution < 1.29 is 14.3 Å². The molecule has 2 aliphatic heterocycles. The molecule has 3 amide bonds. The second kappa shape index (κ2) is 5.30. The topological polar surface area (TPSA) is 58.6 Å². The highest BCUT2D eigenvalue weighted by molar-refractivity contribution is 9.09. The van der Waals surface area contributed by atoms with Gasteiger partial charge in [0.2, 0.25) is 0 Å². The van der Waals surface area contributed by atoms with Crippen LogP contribution < -0.4 is 5.32 Å². The zero-order valence-corrected chi connectivity index (χ0v) is 13.2. The number of hydrogen-bond donors (Lipinski definition) is 1. The molecule has 0 radical (unpaired) electrons. The molecular formula is C14H21BrN2O3. The van der Waals surface area contributed by atoms with Crippen LogP contribution in [0.5, 0.6) is 0 Å². The minimum absolute atomic E-state index is 0.0435. The van der Waals surface area contributed by atoms with E-state index in [1.54, 1.807) is 0 Å². The smallest absolute Gasteiger partial charge is 0.325 e. The summed E-state index contributed by atoms with van der Waals surface area (Å²) in [4.78, 5) is 26.4. The first-order valence-electron chi connectivity index (χ1n) is 7.39. The van der Waals surface area contributed by atoms with Gasteiger partial charge in [-0.1, -0.05) is 28.8 Å². The van der Waals surface area contributed by atoms with E-state index in [1.165, 1.54) is 17.7 Å². The maximum absolute atomic E-state index is 12.7.